The number of carbonyl (C=O) groups is 1. The summed E-state index contributed by atoms with van der Waals surface area (Å²) in [7, 11) is 0. The van der Waals surface area contributed by atoms with E-state index in [0.29, 0.717) is 11.7 Å². The lowest BCUT2D eigenvalue weighted by Crippen LogP contribution is -2.07. The molecule has 1 N–H and O–H groups in total. The number of nitrogens with one attached hydrogen (secondary N) is 1. The third-order valence-electron chi connectivity index (χ3n) is 3.19. The second kappa shape index (κ2) is 8.04. The quantitative estimate of drug-likeness (QED) is 0.650. The highest BCUT2D eigenvalue weighted by atomic mass is 32.1. The van der Waals surface area contributed by atoms with E-state index in [1.165, 1.54) is 17.4 Å². The van der Waals surface area contributed by atoms with Gasteiger partial charge in [-0.25, -0.2) is 9.97 Å². The predicted molar refractivity (Wildman–Crippen MR) is 102 cm³/mol. The van der Waals surface area contributed by atoms with Gasteiger partial charge in [0.2, 0.25) is 5.91 Å². The molecule has 5 nitrogen and oxygen atoms in total. The second-order valence-electron chi connectivity index (χ2n) is 5.32. The molecule has 1 amide bonds. The van der Waals surface area contributed by atoms with Crippen molar-refractivity contribution in [1.82, 2.24) is 9.97 Å². The molecule has 0 aliphatic rings. The second-order valence-corrected chi connectivity index (χ2v) is 7.61. The number of aromatic nitrogens is 2. The van der Waals surface area contributed by atoms with Gasteiger partial charge in [-0.15, -0.1) is 22.7 Å². The number of hydrogen-bond acceptors (Lipinski definition) is 6. The van der Waals surface area contributed by atoms with Crippen LogP contribution < -0.4 is 10.1 Å². The molecule has 0 bridgehead atoms. The maximum absolute atomic E-state index is 11.9. The molecule has 1 aromatic carbocycles. The summed E-state index contributed by atoms with van der Waals surface area (Å²) >= 11 is 3.05. The first-order valence-electron chi connectivity index (χ1n) is 7.64. The Hall–Kier alpha value is -2.51. The molecule has 0 atom stereocenters. The van der Waals surface area contributed by atoms with Crippen LogP contribution in [-0.2, 0) is 11.4 Å². The summed E-state index contributed by atoms with van der Waals surface area (Å²) in [5.74, 6) is 0.530. The number of benzene rings is 1. The number of amides is 1. The van der Waals surface area contributed by atoms with E-state index in [1.807, 2.05) is 43.5 Å². The van der Waals surface area contributed by atoms with Gasteiger partial charge < -0.3 is 4.74 Å². The topological polar surface area (TPSA) is 64.1 Å². The SMILES string of the molecule is Cc1cnc(NC(=O)/C=C/c2cccc(OCc3csc(C)n3)c2)s1. The molecule has 0 saturated carbocycles. The van der Waals surface area contributed by atoms with Crippen LogP contribution in [0.1, 0.15) is 21.1 Å². The van der Waals surface area contributed by atoms with Crippen molar-refractivity contribution in [3.63, 3.8) is 0 Å². The first-order chi connectivity index (χ1) is 12.1. The van der Waals surface area contributed by atoms with E-state index in [9.17, 15) is 4.79 Å². The highest BCUT2D eigenvalue weighted by Gasteiger charge is 2.03. The van der Waals surface area contributed by atoms with Crippen LogP contribution in [0.4, 0.5) is 5.13 Å². The molecule has 2 aromatic heterocycles. The van der Waals surface area contributed by atoms with E-state index in [0.717, 1.165) is 26.9 Å². The van der Waals surface area contributed by atoms with Crippen molar-refractivity contribution in [3.8, 4) is 5.75 Å². The predicted octanol–water partition coefficient (Wildman–Crippen LogP) is 4.45. The van der Waals surface area contributed by atoms with Gasteiger partial charge in [-0.05, 0) is 37.6 Å². The molecular formula is C18H17N3O2S2. The van der Waals surface area contributed by atoms with Crippen LogP contribution in [-0.4, -0.2) is 15.9 Å². The van der Waals surface area contributed by atoms with Crippen LogP contribution in [0.3, 0.4) is 0 Å². The fourth-order valence-electron chi connectivity index (χ4n) is 2.07. The minimum absolute atomic E-state index is 0.210. The molecular weight excluding hydrogens is 354 g/mol. The highest BCUT2D eigenvalue weighted by Crippen LogP contribution is 2.18. The summed E-state index contributed by atoms with van der Waals surface area (Å²) in [5, 5.41) is 6.35. The number of rotatable bonds is 6. The van der Waals surface area contributed by atoms with Crippen LogP contribution in [0.5, 0.6) is 5.75 Å². The minimum Gasteiger partial charge on any atom is -0.487 e. The molecule has 7 heteroatoms. The van der Waals surface area contributed by atoms with Gasteiger partial charge in [-0.2, -0.15) is 0 Å². The molecule has 0 aliphatic heterocycles. The molecule has 0 spiro atoms. The van der Waals surface area contributed by atoms with Crippen molar-refractivity contribution in [3.05, 3.63) is 63.1 Å². The van der Waals surface area contributed by atoms with E-state index in [2.05, 4.69) is 15.3 Å². The Labute approximate surface area is 154 Å². The largest absolute Gasteiger partial charge is 0.487 e. The number of ether oxygens (including phenoxy) is 1. The van der Waals surface area contributed by atoms with Crippen LogP contribution in [0.25, 0.3) is 6.08 Å². The summed E-state index contributed by atoms with van der Waals surface area (Å²) in [4.78, 5) is 21.5. The number of carbonyl (C=O) groups excluding carboxylic acids is 1. The Morgan fingerprint density at radius 3 is 2.96 bits per heavy atom. The third kappa shape index (κ3) is 5.23. The minimum atomic E-state index is -0.210. The Balaban J connectivity index is 1.57. The smallest absolute Gasteiger partial charge is 0.250 e. The Morgan fingerprint density at radius 2 is 2.24 bits per heavy atom. The van der Waals surface area contributed by atoms with Gasteiger partial charge in [0.1, 0.15) is 12.4 Å². The van der Waals surface area contributed by atoms with Gasteiger partial charge in [0, 0.05) is 22.5 Å². The molecule has 25 heavy (non-hydrogen) atoms. The van der Waals surface area contributed by atoms with Crippen molar-refractivity contribution in [2.45, 2.75) is 20.5 Å². The van der Waals surface area contributed by atoms with Gasteiger partial charge in [-0.1, -0.05) is 12.1 Å². The van der Waals surface area contributed by atoms with Crippen molar-refractivity contribution < 1.29 is 9.53 Å². The number of hydrogen-bond donors (Lipinski definition) is 1. The molecule has 0 aliphatic carbocycles. The average Bonchev–Trinajstić information content (AvgIpc) is 3.19. The molecule has 3 rings (SSSR count). The first kappa shape index (κ1) is 17.3. The molecule has 3 aromatic rings. The average molecular weight is 371 g/mol. The van der Waals surface area contributed by atoms with Crippen molar-refractivity contribution >= 4 is 39.8 Å². The van der Waals surface area contributed by atoms with Crippen molar-refractivity contribution in [1.29, 1.82) is 0 Å². The van der Waals surface area contributed by atoms with E-state index >= 15 is 0 Å². The number of thiazole rings is 2. The zero-order chi connectivity index (χ0) is 17.6. The monoisotopic (exact) mass is 371 g/mol. The summed E-state index contributed by atoms with van der Waals surface area (Å²) in [6.07, 6.45) is 4.96. The van der Waals surface area contributed by atoms with Gasteiger partial charge in [0.15, 0.2) is 5.13 Å². The van der Waals surface area contributed by atoms with E-state index < -0.39 is 0 Å². The van der Waals surface area contributed by atoms with Crippen molar-refractivity contribution in [2.24, 2.45) is 0 Å². The molecule has 0 radical (unpaired) electrons. The fourth-order valence-corrected chi connectivity index (χ4v) is 3.34. The lowest BCUT2D eigenvalue weighted by Gasteiger charge is -2.05. The van der Waals surface area contributed by atoms with E-state index in [1.54, 1.807) is 23.6 Å². The van der Waals surface area contributed by atoms with Crippen LogP contribution in [0.2, 0.25) is 0 Å². The number of anilines is 1. The van der Waals surface area contributed by atoms with Gasteiger partial charge in [0.05, 0.1) is 10.7 Å². The highest BCUT2D eigenvalue weighted by molar-refractivity contribution is 7.15. The molecule has 0 unspecified atom stereocenters. The maximum Gasteiger partial charge on any atom is 0.250 e. The molecule has 2 heterocycles. The number of nitrogens with zero attached hydrogens (tertiary/aromatic N) is 2. The summed E-state index contributed by atoms with van der Waals surface area (Å²) < 4.78 is 5.75. The van der Waals surface area contributed by atoms with Gasteiger partial charge >= 0.3 is 0 Å². The zero-order valence-corrected chi connectivity index (χ0v) is 15.5. The Bertz CT molecular complexity index is 899. The summed E-state index contributed by atoms with van der Waals surface area (Å²) in [6, 6.07) is 7.58. The van der Waals surface area contributed by atoms with Gasteiger partial charge in [0.25, 0.3) is 0 Å². The van der Waals surface area contributed by atoms with Crippen LogP contribution in [0, 0.1) is 13.8 Å². The normalized spacial score (nSPS) is 11.0. The third-order valence-corrected chi connectivity index (χ3v) is 4.84. The lowest BCUT2D eigenvalue weighted by molar-refractivity contribution is -0.111. The Morgan fingerprint density at radius 1 is 1.36 bits per heavy atom. The standard InChI is InChI=1S/C18H17N3O2S2/c1-12-9-19-18(25-12)21-17(22)7-6-14-4-3-5-16(8-14)23-10-15-11-24-13(2)20-15/h3-9,11H,10H2,1-2H3,(H,19,21,22)/b7-6+. The molecule has 128 valence electrons. The van der Waals surface area contributed by atoms with E-state index in [-0.39, 0.29) is 5.91 Å². The summed E-state index contributed by atoms with van der Waals surface area (Å²) in [5.41, 5.74) is 1.80. The van der Waals surface area contributed by atoms with E-state index in [4.69, 9.17) is 4.74 Å². The first-order valence-corrected chi connectivity index (χ1v) is 9.33. The van der Waals surface area contributed by atoms with Crippen LogP contribution in [0.15, 0.2) is 41.9 Å². The van der Waals surface area contributed by atoms with Crippen LogP contribution >= 0.6 is 22.7 Å². The number of aryl methyl sites for hydroxylation is 2. The lowest BCUT2D eigenvalue weighted by atomic mass is 10.2. The van der Waals surface area contributed by atoms with Crippen molar-refractivity contribution in [2.75, 3.05) is 5.32 Å². The van der Waals surface area contributed by atoms with Gasteiger partial charge in [-0.3, -0.25) is 10.1 Å². The fraction of sp³-hybridized carbons (Fsp3) is 0.167. The Kier molecular flexibility index (Phi) is 5.57. The maximum atomic E-state index is 11.9. The zero-order valence-electron chi connectivity index (χ0n) is 13.9. The molecule has 0 fully saturated rings. The summed E-state index contributed by atoms with van der Waals surface area (Å²) in [6.45, 7) is 4.35. The molecule has 0 saturated heterocycles.